The zero-order chi connectivity index (χ0) is 9.10. The Hall–Kier alpha value is -1.16. The highest BCUT2D eigenvalue weighted by Gasteiger charge is 2.19. The number of rotatable bonds is 1. The topological polar surface area (TPSA) is 41.0 Å². The fourth-order valence-corrected chi connectivity index (χ4v) is 1.58. The molecular formula is C9H14N4. The van der Waals surface area contributed by atoms with Gasteiger partial charge in [-0.15, -0.1) is 0 Å². The summed E-state index contributed by atoms with van der Waals surface area (Å²) in [7, 11) is 0. The molecule has 4 heteroatoms. The molecule has 1 aromatic rings. The van der Waals surface area contributed by atoms with Gasteiger partial charge in [0.05, 0.1) is 0 Å². The lowest BCUT2D eigenvalue weighted by Crippen LogP contribution is -2.50. The van der Waals surface area contributed by atoms with Crippen molar-refractivity contribution in [2.24, 2.45) is 0 Å². The first kappa shape index (κ1) is 8.44. The SMILES string of the molecule is C[C@H]1CNCCN1c1ncccn1. The zero-order valence-electron chi connectivity index (χ0n) is 7.77. The van der Waals surface area contributed by atoms with Gasteiger partial charge in [0.2, 0.25) is 5.95 Å². The Morgan fingerprint density at radius 2 is 2.23 bits per heavy atom. The van der Waals surface area contributed by atoms with Crippen LogP contribution in [0.2, 0.25) is 0 Å². The minimum absolute atomic E-state index is 0.483. The van der Waals surface area contributed by atoms with Gasteiger partial charge in [-0.25, -0.2) is 9.97 Å². The maximum absolute atomic E-state index is 4.24. The molecule has 1 saturated heterocycles. The van der Waals surface area contributed by atoms with Crippen LogP contribution in [0.4, 0.5) is 5.95 Å². The average Bonchev–Trinajstić information content (AvgIpc) is 2.20. The number of hydrogen-bond acceptors (Lipinski definition) is 4. The van der Waals surface area contributed by atoms with Crippen molar-refractivity contribution in [3.63, 3.8) is 0 Å². The highest BCUT2D eigenvalue weighted by molar-refractivity contribution is 5.31. The molecule has 1 aromatic heterocycles. The molecule has 0 aliphatic carbocycles. The molecule has 1 N–H and O–H groups in total. The van der Waals surface area contributed by atoms with E-state index in [1.807, 2.05) is 6.07 Å². The highest BCUT2D eigenvalue weighted by atomic mass is 15.3. The van der Waals surface area contributed by atoms with E-state index in [2.05, 4.69) is 27.1 Å². The molecule has 2 heterocycles. The molecule has 0 unspecified atom stereocenters. The molecule has 70 valence electrons. The Morgan fingerprint density at radius 1 is 1.46 bits per heavy atom. The Labute approximate surface area is 78.0 Å². The van der Waals surface area contributed by atoms with Gasteiger partial charge in [0, 0.05) is 38.1 Å². The van der Waals surface area contributed by atoms with E-state index < -0.39 is 0 Å². The van der Waals surface area contributed by atoms with Gasteiger partial charge in [0.1, 0.15) is 0 Å². The molecule has 0 amide bonds. The first-order chi connectivity index (χ1) is 6.38. The van der Waals surface area contributed by atoms with Crippen molar-refractivity contribution in [2.45, 2.75) is 13.0 Å². The molecule has 0 aromatic carbocycles. The van der Waals surface area contributed by atoms with Gasteiger partial charge in [-0.3, -0.25) is 0 Å². The molecule has 1 aliphatic heterocycles. The first-order valence-electron chi connectivity index (χ1n) is 4.62. The van der Waals surface area contributed by atoms with E-state index in [4.69, 9.17) is 0 Å². The summed E-state index contributed by atoms with van der Waals surface area (Å²) in [5, 5.41) is 3.34. The van der Waals surface area contributed by atoms with Crippen LogP contribution in [0.25, 0.3) is 0 Å². The van der Waals surface area contributed by atoms with Gasteiger partial charge in [0.15, 0.2) is 0 Å². The van der Waals surface area contributed by atoms with Crippen molar-refractivity contribution in [3.8, 4) is 0 Å². The minimum Gasteiger partial charge on any atom is -0.336 e. The largest absolute Gasteiger partial charge is 0.336 e. The quantitative estimate of drug-likeness (QED) is 0.670. The van der Waals surface area contributed by atoms with Crippen LogP contribution in [-0.2, 0) is 0 Å². The molecule has 0 radical (unpaired) electrons. The van der Waals surface area contributed by atoms with E-state index in [0.29, 0.717) is 6.04 Å². The molecule has 0 saturated carbocycles. The molecule has 13 heavy (non-hydrogen) atoms. The summed E-state index contributed by atoms with van der Waals surface area (Å²) < 4.78 is 0. The van der Waals surface area contributed by atoms with Crippen LogP contribution >= 0.6 is 0 Å². The molecule has 1 aliphatic rings. The van der Waals surface area contributed by atoms with Crippen LogP contribution in [0.3, 0.4) is 0 Å². The maximum Gasteiger partial charge on any atom is 0.225 e. The van der Waals surface area contributed by atoms with Gasteiger partial charge in [-0.05, 0) is 13.0 Å². The summed E-state index contributed by atoms with van der Waals surface area (Å²) in [6.07, 6.45) is 3.58. The maximum atomic E-state index is 4.24. The Bertz CT molecular complexity index is 262. The second-order valence-electron chi connectivity index (χ2n) is 3.30. The fraction of sp³-hybridized carbons (Fsp3) is 0.556. The van der Waals surface area contributed by atoms with Crippen molar-refractivity contribution in [2.75, 3.05) is 24.5 Å². The van der Waals surface area contributed by atoms with Gasteiger partial charge in [-0.1, -0.05) is 0 Å². The van der Waals surface area contributed by atoms with Crippen LogP contribution in [-0.4, -0.2) is 35.6 Å². The van der Waals surface area contributed by atoms with Crippen LogP contribution < -0.4 is 10.2 Å². The number of anilines is 1. The third-order valence-corrected chi connectivity index (χ3v) is 2.31. The lowest BCUT2D eigenvalue weighted by Gasteiger charge is -2.33. The summed E-state index contributed by atoms with van der Waals surface area (Å²) in [4.78, 5) is 10.7. The lowest BCUT2D eigenvalue weighted by molar-refractivity contribution is 0.493. The summed E-state index contributed by atoms with van der Waals surface area (Å²) in [6.45, 7) is 5.20. The first-order valence-corrected chi connectivity index (χ1v) is 4.62. The Balaban J connectivity index is 2.15. The monoisotopic (exact) mass is 178 g/mol. The van der Waals surface area contributed by atoms with Gasteiger partial charge in [-0.2, -0.15) is 0 Å². The van der Waals surface area contributed by atoms with Gasteiger partial charge in [0.25, 0.3) is 0 Å². The third kappa shape index (κ3) is 1.78. The van der Waals surface area contributed by atoms with Crippen LogP contribution in [0.15, 0.2) is 18.5 Å². The number of aromatic nitrogens is 2. The van der Waals surface area contributed by atoms with Crippen molar-refractivity contribution >= 4 is 5.95 Å². The summed E-state index contributed by atoms with van der Waals surface area (Å²) in [5.74, 6) is 0.844. The normalized spacial score (nSPS) is 23.2. The molecule has 4 nitrogen and oxygen atoms in total. The molecule has 1 atom stereocenters. The number of hydrogen-bond donors (Lipinski definition) is 1. The average molecular weight is 178 g/mol. The van der Waals surface area contributed by atoms with Crippen LogP contribution in [0, 0.1) is 0 Å². The predicted molar refractivity (Wildman–Crippen MR) is 51.7 cm³/mol. The molecule has 2 rings (SSSR count). The van der Waals surface area contributed by atoms with Crippen LogP contribution in [0.1, 0.15) is 6.92 Å². The van der Waals surface area contributed by atoms with Crippen molar-refractivity contribution < 1.29 is 0 Å². The molecular weight excluding hydrogens is 164 g/mol. The smallest absolute Gasteiger partial charge is 0.225 e. The number of nitrogens with zero attached hydrogens (tertiary/aromatic N) is 3. The van der Waals surface area contributed by atoms with Crippen molar-refractivity contribution in [1.29, 1.82) is 0 Å². The standard InChI is InChI=1S/C9H14N4/c1-8-7-10-5-6-13(8)9-11-3-2-4-12-9/h2-4,8,10H,5-7H2,1H3/t8-/m0/s1. The van der Waals surface area contributed by atoms with Crippen molar-refractivity contribution in [1.82, 2.24) is 15.3 Å². The lowest BCUT2D eigenvalue weighted by atomic mass is 10.2. The molecule has 0 bridgehead atoms. The number of piperazine rings is 1. The molecule has 1 fully saturated rings. The van der Waals surface area contributed by atoms with E-state index in [9.17, 15) is 0 Å². The zero-order valence-corrected chi connectivity index (χ0v) is 7.77. The van der Waals surface area contributed by atoms with E-state index >= 15 is 0 Å². The van der Waals surface area contributed by atoms with Crippen molar-refractivity contribution in [3.05, 3.63) is 18.5 Å². The Kier molecular flexibility index (Phi) is 2.40. The van der Waals surface area contributed by atoms with E-state index in [-0.39, 0.29) is 0 Å². The highest BCUT2D eigenvalue weighted by Crippen LogP contribution is 2.10. The second-order valence-corrected chi connectivity index (χ2v) is 3.30. The van der Waals surface area contributed by atoms with Crippen LogP contribution in [0.5, 0.6) is 0 Å². The van der Waals surface area contributed by atoms with Gasteiger partial charge < -0.3 is 10.2 Å². The predicted octanol–water partition coefficient (Wildman–Crippen LogP) is 0.275. The summed E-state index contributed by atoms with van der Waals surface area (Å²) in [6, 6.07) is 2.33. The minimum atomic E-state index is 0.483. The van der Waals surface area contributed by atoms with Gasteiger partial charge >= 0.3 is 0 Å². The van der Waals surface area contributed by atoms with E-state index in [1.165, 1.54) is 0 Å². The molecule has 0 spiro atoms. The second kappa shape index (κ2) is 3.70. The van der Waals surface area contributed by atoms with E-state index in [1.54, 1.807) is 12.4 Å². The summed E-state index contributed by atoms with van der Waals surface area (Å²) >= 11 is 0. The Morgan fingerprint density at radius 3 is 2.92 bits per heavy atom. The fourth-order valence-electron chi connectivity index (χ4n) is 1.58. The number of nitrogens with one attached hydrogen (secondary N) is 1. The van der Waals surface area contributed by atoms with E-state index in [0.717, 1.165) is 25.6 Å². The third-order valence-electron chi connectivity index (χ3n) is 2.31. The summed E-state index contributed by atoms with van der Waals surface area (Å²) in [5.41, 5.74) is 0.